The summed E-state index contributed by atoms with van der Waals surface area (Å²) < 4.78 is 27.6. The van der Waals surface area contributed by atoms with Crippen molar-refractivity contribution >= 4 is 38.0 Å². The monoisotopic (exact) mass is 404 g/mol. The summed E-state index contributed by atoms with van der Waals surface area (Å²) in [5.74, 6) is -0.177. The van der Waals surface area contributed by atoms with Crippen molar-refractivity contribution in [2.75, 3.05) is 6.54 Å². The molecule has 1 atom stereocenters. The summed E-state index contributed by atoms with van der Waals surface area (Å²) in [4.78, 5) is 11.7. The number of nitrogens with one attached hydrogen (secondary N) is 2. The van der Waals surface area contributed by atoms with E-state index in [9.17, 15) is 18.3 Å². The average Bonchev–Trinajstić information content (AvgIpc) is 3.14. The molecule has 27 heavy (non-hydrogen) atoms. The number of aliphatic hydroxyl groups is 1. The topological polar surface area (TPSA) is 95.5 Å². The van der Waals surface area contributed by atoms with Crippen molar-refractivity contribution in [1.29, 1.82) is 0 Å². The molecule has 0 spiro atoms. The number of thiophene rings is 1. The highest BCUT2D eigenvalue weighted by atomic mass is 32.2. The molecule has 1 aromatic heterocycles. The standard InChI is InChI=1S/C19H20N2O4S2/c1-13(22)20-11-15-9-10-19(26-15)27(24,25)21-12-18(23)17-8-4-6-14-5-2-3-7-16(14)17/h2-10,18,21,23H,11-12H2,1H3,(H,20,22). The third-order valence-electron chi connectivity index (χ3n) is 4.06. The number of hydrogen-bond acceptors (Lipinski definition) is 5. The first kappa shape index (κ1) is 19.5. The van der Waals surface area contributed by atoms with Crippen molar-refractivity contribution in [2.24, 2.45) is 0 Å². The van der Waals surface area contributed by atoms with Gasteiger partial charge in [-0.1, -0.05) is 42.5 Å². The van der Waals surface area contributed by atoms with E-state index >= 15 is 0 Å². The van der Waals surface area contributed by atoms with Crippen molar-refractivity contribution < 1.29 is 18.3 Å². The lowest BCUT2D eigenvalue weighted by Gasteiger charge is -2.14. The van der Waals surface area contributed by atoms with Crippen LogP contribution in [0.3, 0.4) is 0 Å². The van der Waals surface area contributed by atoms with E-state index in [4.69, 9.17) is 0 Å². The molecule has 0 saturated carbocycles. The molecule has 2 aromatic carbocycles. The molecule has 6 nitrogen and oxygen atoms in total. The van der Waals surface area contributed by atoms with E-state index in [1.54, 1.807) is 12.1 Å². The molecule has 0 radical (unpaired) electrons. The largest absolute Gasteiger partial charge is 0.387 e. The Labute approximate surface area is 161 Å². The fourth-order valence-electron chi connectivity index (χ4n) is 2.72. The van der Waals surface area contributed by atoms with Gasteiger partial charge >= 0.3 is 0 Å². The van der Waals surface area contributed by atoms with Crippen molar-refractivity contribution in [3.63, 3.8) is 0 Å². The fraction of sp³-hybridized carbons (Fsp3) is 0.211. The number of fused-ring (bicyclic) bond motifs is 1. The minimum Gasteiger partial charge on any atom is -0.387 e. The van der Waals surface area contributed by atoms with E-state index in [1.165, 1.54) is 13.0 Å². The SMILES string of the molecule is CC(=O)NCc1ccc(S(=O)(=O)NCC(O)c2cccc3ccccc23)s1. The number of amides is 1. The Kier molecular flexibility index (Phi) is 5.91. The van der Waals surface area contributed by atoms with Crippen LogP contribution in [0.5, 0.6) is 0 Å². The Morgan fingerprint density at radius 2 is 1.85 bits per heavy atom. The first-order valence-corrected chi connectivity index (χ1v) is 10.7. The molecule has 142 valence electrons. The fourth-order valence-corrected chi connectivity index (χ4v) is 5.10. The smallest absolute Gasteiger partial charge is 0.250 e. The van der Waals surface area contributed by atoms with Gasteiger partial charge in [0.15, 0.2) is 0 Å². The Morgan fingerprint density at radius 3 is 2.63 bits per heavy atom. The van der Waals surface area contributed by atoms with E-state index in [1.807, 2.05) is 36.4 Å². The second kappa shape index (κ2) is 8.18. The maximum absolute atomic E-state index is 12.5. The van der Waals surface area contributed by atoms with Crippen LogP contribution >= 0.6 is 11.3 Å². The Balaban J connectivity index is 1.70. The maximum atomic E-state index is 12.5. The van der Waals surface area contributed by atoms with E-state index in [0.29, 0.717) is 5.56 Å². The van der Waals surface area contributed by atoms with Crippen LogP contribution in [-0.4, -0.2) is 26.0 Å². The van der Waals surface area contributed by atoms with Gasteiger partial charge in [0.05, 0.1) is 12.6 Å². The molecule has 0 bridgehead atoms. The number of rotatable bonds is 7. The highest BCUT2D eigenvalue weighted by Crippen LogP contribution is 2.25. The van der Waals surface area contributed by atoms with Gasteiger partial charge in [-0.25, -0.2) is 13.1 Å². The molecular formula is C19H20N2O4S2. The third-order valence-corrected chi connectivity index (χ3v) is 7.06. The van der Waals surface area contributed by atoms with Gasteiger partial charge in [-0.15, -0.1) is 11.3 Å². The zero-order chi connectivity index (χ0) is 19.4. The van der Waals surface area contributed by atoms with Gasteiger partial charge in [0.25, 0.3) is 0 Å². The van der Waals surface area contributed by atoms with Crippen LogP contribution in [0, 0.1) is 0 Å². The van der Waals surface area contributed by atoms with Gasteiger partial charge < -0.3 is 10.4 Å². The highest BCUT2D eigenvalue weighted by Gasteiger charge is 2.19. The molecule has 8 heteroatoms. The summed E-state index contributed by atoms with van der Waals surface area (Å²) >= 11 is 1.09. The number of sulfonamides is 1. The van der Waals surface area contributed by atoms with Gasteiger partial charge in [0.1, 0.15) is 4.21 Å². The van der Waals surface area contributed by atoms with Gasteiger partial charge in [0.2, 0.25) is 15.9 Å². The quantitative estimate of drug-likeness (QED) is 0.564. The Bertz CT molecular complexity index is 1060. The highest BCUT2D eigenvalue weighted by molar-refractivity contribution is 7.91. The van der Waals surface area contributed by atoms with Crippen LogP contribution in [0.2, 0.25) is 0 Å². The number of hydrogen-bond donors (Lipinski definition) is 3. The molecule has 0 fully saturated rings. The van der Waals surface area contributed by atoms with E-state index in [0.717, 1.165) is 27.0 Å². The lowest BCUT2D eigenvalue weighted by Crippen LogP contribution is -2.28. The third kappa shape index (κ3) is 4.72. The molecule has 1 amide bonds. The summed E-state index contributed by atoms with van der Waals surface area (Å²) in [6, 6.07) is 16.4. The van der Waals surface area contributed by atoms with Crippen LogP contribution < -0.4 is 10.0 Å². The summed E-state index contributed by atoms with van der Waals surface area (Å²) in [5, 5.41) is 15.0. The molecule has 0 saturated heterocycles. The van der Waals surface area contributed by atoms with E-state index in [-0.39, 0.29) is 23.2 Å². The molecular weight excluding hydrogens is 384 g/mol. The normalized spacial score (nSPS) is 12.8. The van der Waals surface area contributed by atoms with Crippen LogP contribution in [-0.2, 0) is 21.4 Å². The van der Waals surface area contributed by atoms with Crippen molar-refractivity contribution in [3.8, 4) is 0 Å². The first-order chi connectivity index (χ1) is 12.9. The maximum Gasteiger partial charge on any atom is 0.250 e. The van der Waals surface area contributed by atoms with Crippen LogP contribution in [0.4, 0.5) is 0 Å². The van der Waals surface area contributed by atoms with Gasteiger partial charge in [-0.2, -0.15) is 0 Å². The lowest BCUT2D eigenvalue weighted by molar-refractivity contribution is -0.119. The number of carbonyl (C=O) groups is 1. The van der Waals surface area contributed by atoms with Crippen LogP contribution in [0.15, 0.2) is 58.8 Å². The molecule has 1 unspecified atom stereocenters. The van der Waals surface area contributed by atoms with Gasteiger partial charge in [-0.05, 0) is 28.5 Å². The molecule has 0 aliphatic heterocycles. The summed E-state index contributed by atoms with van der Waals surface area (Å²) in [5.41, 5.74) is 0.674. The van der Waals surface area contributed by atoms with Gasteiger partial charge in [-0.3, -0.25) is 4.79 Å². The predicted molar refractivity (Wildman–Crippen MR) is 106 cm³/mol. The first-order valence-electron chi connectivity index (χ1n) is 8.35. The van der Waals surface area contributed by atoms with E-state index < -0.39 is 16.1 Å². The van der Waals surface area contributed by atoms with Crippen LogP contribution in [0.1, 0.15) is 23.5 Å². The van der Waals surface area contributed by atoms with E-state index in [2.05, 4.69) is 10.0 Å². The van der Waals surface area contributed by atoms with Gasteiger partial charge in [0, 0.05) is 18.3 Å². The lowest BCUT2D eigenvalue weighted by atomic mass is 10.0. The molecule has 0 aliphatic carbocycles. The average molecular weight is 405 g/mol. The number of carbonyl (C=O) groups excluding carboxylic acids is 1. The zero-order valence-corrected chi connectivity index (χ0v) is 16.3. The van der Waals surface area contributed by atoms with Crippen LogP contribution in [0.25, 0.3) is 10.8 Å². The summed E-state index contributed by atoms with van der Waals surface area (Å²) in [7, 11) is -3.74. The molecule has 3 N–H and O–H groups in total. The minimum absolute atomic E-state index is 0.130. The van der Waals surface area contributed by atoms with Crippen molar-refractivity contribution in [1.82, 2.24) is 10.0 Å². The second-order valence-electron chi connectivity index (χ2n) is 6.07. The number of benzene rings is 2. The second-order valence-corrected chi connectivity index (χ2v) is 9.23. The molecule has 1 heterocycles. The molecule has 0 aliphatic rings. The predicted octanol–water partition coefficient (Wildman–Crippen LogP) is 2.55. The minimum atomic E-state index is -3.74. The van der Waals surface area contributed by atoms with Crippen molar-refractivity contribution in [3.05, 3.63) is 65.0 Å². The summed E-state index contributed by atoms with van der Waals surface area (Å²) in [6.07, 6.45) is -0.968. The molecule has 3 rings (SSSR count). The number of aliphatic hydroxyl groups excluding tert-OH is 1. The zero-order valence-electron chi connectivity index (χ0n) is 14.7. The summed E-state index contributed by atoms with van der Waals surface area (Å²) in [6.45, 7) is 1.56. The Morgan fingerprint density at radius 1 is 1.11 bits per heavy atom. The molecule has 3 aromatic rings. The van der Waals surface area contributed by atoms with Crippen molar-refractivity contribution in [2.45, 2.75) is 23.8 Å². The Hall–Kier alpha value is -2.26.